The van der Waals surface area contributed by atoms with Crippen molar-refractivity contribution >= 4 is 14.0 Å². The van der Waals surface area contributed by atoms with Crippen LogP contribution in [0.15, 0.2) is 0 Å². The molecule has 4 nitrogen and oxygen atoms in total. The Morgan fingerprint density at radius 2 is 1.88 bits per heavy atom. The molecule has 0 aromatic carbocycles. The maximum absolute atomic E-state index is 11.4. The van der Waals surface area contributed by atoms with E-state index >= 15 is 0 Å². The third kappa shape index (κ3) is 12.1. The van der Waals surface area contributed by atoms with Crippen molar-refractivity contribution in [2.45, 2.75) is 33.6 Å². The highest BCUT2D eigenvalue weighted by molar-refractivity contribution is 7.55. The van der Waals surface area contributed by atoms with Crippen LogP contribution in [0.4, 0.5) is 0 Å². The fraction of sp³-hybridized carbons (Fsp3) is 0.917. The summed E-state index contributed by atoms with van der Waals surface area (Å²) in [6, 6.07) is 0. The van der Waals surface area contributed by atoms with E-state index in [-0.39, 0.29) is 19.4 Å². The lowest BCUT2D eigenvalue weighted by Crippen LogP contribution is -2.31. The third-order valence-corrected chi connectivity index (χ3v) is 4.07. The first-order valence-electron chi connectivity index (χ1n) is 6.01. The smallest absolute Gasteiger partial charge is 0.223 e. The van der Waals surface area contributed by atoms with Crippen molar-refractivity contribution in [3.63, 3.8) is 0 Å². The zero-order chi connectivity index (χ0) is 13.9. The molecule has 0 saturated carbocycles. The van der Waals surface area contributed by atoms with Crippen LogP contribution in [0.5, 0.6) is 0 Å². The first-order chi connectivity index (χ1) is 7.91. The predicted molar refractivity (Wildman–Crippen MR) is 76.6 cm³/mol. The molecule has 17 heavy (non-hydrogen) atoms. The van der Waals surface area contributed by atoms with E-state index in [0.717, 1.165) is 26.2 Å². The van der Waals surface area contributed by atoms with Gasteiger partial charge in [0.05, 0.1) is 0 Å². The molecule has 0 aromatic rings. The van der Waals surface area contributed by atoms with Crippen LogP contribution >= 0.6 is 8.07 Å². The fourth-order valence-corrected chi connectivity index (χ4v) is 3.72. The summed E-state index contributed by atoms with van der Waals surface area (Å²) in [5.41, 5.74) is 0.259. The molecule has 3 N–H and O–H groups in total. The summed E-state index contributed by atoms with van der Waals surface area (Å²) in [5, 5.41) is 13.3. The molecule has 0 aliphatic heterocycles. The standard InChI is InChI=1S/C11H25N2OP.CH4O/c1-6-7-10(14)13-15(5)9-11(2,3)8-12-4;1-2/h12H,6-9H2,1-5H3,(H,13,14);2H,1H3. The second-order valence-electron chi connectivity index (χ2n) is 4.84. The van der Waals surface area contributed by atoms with Gasteiger partial charge in [0, 0.05) is 20.1 Å². The lowest BCUT2D eigenvalue weighted by Gasteiger charge is -2.28. The number of amides is 1. The highest BCUT2D eigenvalue weighted by Gasteiger charge is 2.20. The van der Waals surface area contributed by atoms with Crippen molar-refractivity contribution < 1.29 is 9.90 Å². The van der Waals surface area contributed by atoms with E-state index < -0.39 is 0 Å². The number of carbonyl (C=O) groups excluding carboxylic acids is 1. The van der Waals surface area contributed by atoms with Gasteiger partial charge in [0.1, 0.15) is 0 Å². The molecule has 0 saturated heterocycles. The van der Waals surface area contributed by atoms with Crippen molar-refractivity contribution in [3.8, 4) is 0 Å². The van der Waals surface area contributed by atoms with E-state index in [9.17, 15) is 4.79 Å². The Hall–Kier alpha value is -0.180. The summed E-state index contributed by atoms with van der Waals surface area (Å²) >= 11 is 0. The molecule has 0 aromatic heterocycles. The van der Waals surface area contributed by atoms with Crippen LogP contribution in [0.25, 0.3) is 0 Å². The lowest BCUT2D eigenvalue weighted by atomic mass is 9.97. The first-order valence-corrected chi connectivity index (χ1v) is 7.98. The number of aliphatic hydroxyl groups excluding tert-OH is 1. The second-order valence-corrected chi connectivity index (χ2v) is 6.77. The fourth-order valence-electron chi connectivity index (χ4n) is 1.71. The molecule has 0 bridgehead atoms. The van der Waals surface area contributed by atoms with E-state index in [4.69, 9.17) is 5.11 Å². The van der Waals surface area contributed by atoms with Gasteiger partial charge in [-0.25, -0.2) is 0 Å². The molecule has 0 heterocycles. The number of aliphatic hydroxyl groups is 1. The molecule has 0 aliphatic rings. The molecular formula is C12H29N2O2P. The Morgan fingerprint density at radius 1 is 1.35 bits per heavy atom. The number of rotatable bonds is 7. The second kappa shape index (κ2) is 10.9. The summed E-state index contributed by atoms with van der Waals surface area (Å²) in [5.74, 6) is 0.200. The minimum absolute atomic E-state index is 0.200. The summed E-state index contributed by atoms with van der Waals surface area (Å²) in [6.45, 7) is 9.62. The normalized spacial score (nSPS) is 12.4. The van der Waals surface area contributed by atoms with Crippen LogP contribution in [0, 0.1) is 5.41 Å². The zero-order valence-electron chi connectivity index (χ0n) is 12.1. The predicted octanol–water partition coefficient (Wildman–Crippen LogP) is 1.78. The Morgan fingerprint density at radius 3 is 2.29 bits per heavy atom. The van der Waals surface area contributed by atoms with Gasteiger partial charge in [-0.15, -0.1) is 0 Å². The van der Waals surface area contributed by atoms with Gasteiger partial charge < -0.3 is 15.5 Å². The van der Waals surface area contributed by atoms with Gasteiger partial charge in [0.15, 0.2) is 0 Å². The van der Waals surface area contributed by atoms with E-state index in [1.807, 2.05) is 14.0 Å². The van der Waals surface area contributed by atoms with Crippen LogP contribution < -0.4 is 10.4 Å². The number of hydrogen-bond donors (Lipinski definition) is 3. The summed E-state index contributed by atoms with van der Waals surface area (Å²) in [4.78, 5) is 11.4. The Bertz CT molecular complexity index is 199. The highest BCUT2D eigenvalue weighted by Crippen LogP contribution is 2.34. The molecule has 1 unspecified atom stereocenters. The molecule has 0 fully saturated rings. The topological polar surface area (TPSA) is 61.4 Å². The van der Waals surface area contributed by atoms with E-state index in [1.54, 1.807) is 0 Å². The van der Waals surface area contributed by atoms with Crippen LogP contribution in [-0.4, -0.2) is 44.5 Å². The quantitative estimate of drug-likeness (QED) is 0.614. The monoisotopic (exact) mass is 264 g/mol. The van der Waals surface area contributed by atoms with Crippen LogP contribution in [-0.2, 0) is 4.79 Å². The summed E-state index contributed by atoms with van der Waals surface area (Å²) in [7, 11) is 2.60. The minimum Gasteiger partial charge on any atom is -0.400 e. The first kappa shape index (κ1) is 19.2. The van der Waals surface area contributed by atoms with Gasteiger partial charge in [0.25, 0.3) is 0 Å². The van der Waals surface area contributed by atoms with Crippen molar-refractivity contribution in [3.05, 3.63) is 0 Å². The van der Waals surface area contributed by atoms with E-state index in [0.29, 0.717) is 6.42 Å². The van der Waals surface area contributed by atoms with Gasteiger partial charge in [-0.3, -0.25) is 4.79 Å². The van der Waals surface area contributed by atoms with E-state index in [1.165, 1.54) is 0 Å². The molecule has 5 heteroatoms. The largest absolute Gasteiger partial charge is 0.400 e. The molecule has 104 valence electrons. The number of nitrogens with one attached hydrogen (secondary N) is 2. The van der Waals surface area contributed by atoms with Crippen molar-refractivity contribution in [2.75, 3.05) is 33.5 Å². The van der Waals surface area contributed by atoms with Gasteiger partial charge in [-0.05, 0) is 39.8 Å². The van der Waals surface area contributed by atoms with Gasteiger partial charge in [-0.1, -0.05) is 20.8 Å². The van der Waals surface area contributed by atoms with Crippen molar-refractivity contribution in [2.24, 2.45) is 5.41 Å². The zero-order valence-corrected chi connectivity index (χ0v) is 13.0. The van der Waals surface area contributed by atoms with Crippen molar-refractivity contribution in [1.82, 2.24) is 10.4 Å². The average molecular weight is 264 g/mol. The molecule has 0 spiro atoms. The van der Waals surface area contributed by atoms with Crippen LogP contribution in [0.3, 0.4) is 0 Å². The van der Waals surface area contributed by atoms with Gasteiger partial charge in [0.2, 0.25) is 5.91 Å². The molecule has 0 rings (SSSR count). The SMILES string of the molecule is CCCC(=O)NP(C)CC(C)(C)CNC.CO. The highest BCUT2D eigenvalue weighted by atomic mass is 31.1. The van der Waals surface area contributed by atoms with E-state index in [2.05, 4.69) is 30.9 Å². The third-order valence-electron chi connectivity index (χ3n) is 2.11. The Kier molecular flexibility index (Phi) is 12.3. The Balaban J connectivity index is 0. The maximum atomic E-state index is 11.4. The maximum Gasteiger partial charge on any atom is 0.223 e. The van der Waals surface area contributed by atoms with Crippen LogP contribution in [0.1, 0.15) is 33.6 Å². The molecule has 1 atom stereocenters. The van der Waals surface area contributed by atoms with Crippen molar-refractivity contribution in [1.29, 1.82) is 0 Å². The van der Waals surface area contributed by atoms with Gasteiger partial charge in [-0.2, -0.15) is 0 Å². The molecular weight excluding hydrogens is 235 g/mol. The molecule has 1 amide bonds. The van der Waals surface area contributed by atoms with Gasteiger partial charge >= 0.3 is 0 Å². The molecule has 0 aliphatic carbocycles. The summed E-state index contributed by atoms with van der Waals surface area (Å²) < 4.78 is 0. The van der Waals surface area contributed by atoms with Crippen LogP contribution in [0.2, 0.25) is 0 Å². The average Bonchev–Trinajstić information content (AvgIpc) is 2.19. The Labute approximate surface area is 107 Å². The minimum atomic E-state index is -0.371. The summed E-state index contributed by atoms with van der Waals surface area (Å²) in [6.07, 6.45) is 2.65. The number of carbonyl (C=O) groups is 1. The number of hydrogen-bond acceptors (Lipinski definition) is 3. The lowest BCUT2D eigenvalue weighted by molar-refractivity contribution is -0.119. The molecule has 0 radical (unpaired) electrons.